The largest absolute Gasteiger partial charge is 0.396 e. The van der Waals surface area contributed by atoms with E-state index in [4.69, 9.17) is 0 Å². The van der Waals surface area contributed by atoms with E-state index in [0.717, 1.165) is 37.1 Å². The Morgan fingerprint density at radius 1 is 1.33 bits per heavy atom. The average Bonchev–Trinajstić information content (AvgIpc) is 2.81. The molecule has 0 bridgehead atoms. The predicted octanol–water partition coefficient (Wildman–Crippen LogP) is 2.78. The average molecular weight is 251 g/mol. The molecule has 1 saturated carbocycles. The number of hydrogen-bond acceptors (Lipinski definition) is 2. The van der Waals surface area contributed by atoms with Gasteiger partial charge >= 0.3 is 0 Å². The number of aliphatic hydroxyl groups excluding tert-OH is 1. The van der Waals surface area contributed by atoms with E-state index >= 15 is 0 Å². The van der Waals surface area contributed by atoms with E-state index < -0.39 is 0 Å². The van der Waals surface area contributed by atoms with Gasteiger partial charge in [-0.1, -0.05) is 18.9 Å². The zero-order chi connectivity index (χ0) is 13.0. The van der Waals surface area contributed by atoms with E-state index in [1.807, 2.05) is 13.0 Å². The maximum atomic E-state index is 13.0. The molecule has 0 radical (unpaired) electrons. The molecule has 1 aromatic rings. The van der Waals surface area contributed by atoms with Gasteiger partial charge in [-0.2, -0.15) is 0 Å². The maximum absolute atomic E-state index is 13.0. The Kier molecular flexibility index (Phi) is 4.36. The molecule has 18 heavy (non-hydrogen) atoms. The molecule has 0 spiro atoms. The van der Waals surface area contributed by atoms with Crippen LogP contribution in [0.5, 0.6) is 0 Å². The molecule has 100 valence electrons. The summed E-state index contributed by atoms with van der Waals surface area (Å²) < 4.78 is 13.0. The van der Waals surface area contributed by atoms with E-state index in [1.165, 1.54) is 18.9 Å². The lowest BCUT2D eigenvalue weighted by Gasteiger charge is -2.26. The van der Waals surface area contributed by atoms with Crippen LogP contribution < -0.4 is 5.32 Å². The highest BCUT2D eigenvalue weighted by Crippen LogP contribution is 2.36. The third-order valence-electron chi connectivity index (χ3n) is 4.12. The Morgan fingerprint density at radius 2 is 2.06 bits per heavy atom. The molecular formula is C15H22FNO. The predicted molar refractivity (Wildman–Crippen MR) is 70.8 cm³/mol. The summed E-state index contributed by atoms with van der Waals surface area (Å²) in [4.78, 5) is 0. The van der Waals surface area contributed by atoms with Crippen LogP contribution in [-0.4, -0.2) is 18.3 Å². The second-order valence-electron chi connectivity index (χ2n) is 5.54. The van der Waals surface area contributed by atoms with E-state index in [1.54, 1.807) is 6.07 Å². The van der Waals surface area contributed by atoms with Gasteiger partial charge in [-0.15, -0.1) is 0 Å². The second-order valence-corrected chi connectivity index (χ2v) is 5.54. The topological polar surface area (TPSA) is 32.3 Å². The molecule has 0 saturated heterocycles. The van der Waals surface area contributed by atoms with Gasteiger partial charge in [0, 0.05) is 25.1 Å². The first kappa shape index (κ1) is 13.5. The number of rotatable bonds is 5. The van der Waals surface area contributed by atoms with Crippen molar-refractivity contribution in [2.75, 3.05) is 13.2 Å². The van der Waals surface area contributed by atoms with Crippen molar-refractivity contribution >= 4 is 0 Å². The summed E-state index contributed by atoms with van der Waals surface area (Å²) in [5, 5.41) is 12.9. The van der Waals surface area contributed by atoms with E-state index in [2.05, 4.69) is 5.32 Å². The minimum Gasteiger partial charge on any atom is -0.396 e. The van der Waals surface area contributed by atoms with Crippen molar-refractivity contribution in [3.05, 3.63) is 35.1 Å². The van der Waals surface area contributed by atoms with Crippen molar-refractivity contribution in [3.63, 3.8) is 0 Å². The Hall–Kier alpha value is -0.930. The molecule has 0 heterocycles. The van der Waals surface area contributed by atoms with Crippen LogP contribution in [0.1, 0.15) is 36.8 Å². The van der Waals surface area contributed by atoms with Gasteiger partial charge in [0.25, 0.3) is 0 Å². The number of hydrogen-bond donors (Lipinski definition) is 2. The highest BCUT2D eigenvalue weighted by Gasteiger charge is 2.32. The molecule has 2 rings (SSSR count). The van der Waals surface area contributed by atoms with Gasteiger partial charge in [0.05, 0.1) is 0 Å². The summed E-state index contributed by atoms with van der Waals surface area (Å²) in [5.41, 5.74) is 2.18. The summed E-state index contributed by atoms with van der Waals surface area (Å²) in [6.07, 6.45) is 4.66. The van der Waals surface area contributed by atoms with Gasteiger partial charge in [-0.3, -0.25) is 0 Å². The van der Waals surface area contributed by atoms with Crippen LogP contribution >= 0.6 is 0 Å². The van der Waals surface area contributed by atoms with Crippen LogP contribution in [0.4, 0.5) is 4.39 Å². The standard InChI is InChI=1S/C15H22FNO/c1-12-8-14(16)5-4-13(12)9-17-10-15(11-18)6-2-3-7-15/h4-5,8,17-18H,2-3,6-7,9-11H2,1H3. The lowest BCUT2D eigenvalue weighted by Crippen LogP contribution is -2.34. The minimum absolute atomic E-state index is 0.0773. The molecule has 2 N–H and O–H groups in total. The molecule has 0 amide bonds. The van der Waals surface area contributed by atoms with Crippen LogP contribution in [0.3, 0.4) is 0 Å². The summed E-state index contributed by atoms with van der Waals surface area (Å²) in [6.45, 7) is 3.79. The molecule has 0 unspecified atom stereocenters. The summed E-state index contributed by atoms with van der Waals surface area (Å²) in [6, 6.07) is 4.90. The Labute approximate surface area is 108 Å². The van der Waals surface area contributed by atoms with E-state index in [-0.39, 0.29) is 17.8 Å². The van der Waals surface area contributed by atoms with Crippen LogP contribution in [0.25, 0.3) is 0 Å². The number of nitrogens with one attached hydrogen (secondary N) is 1. The van der Waals surface area contributed by atoms with Crippen LogP contribution in [0.2, 0.25) is 0 Å². The van der Waals surface area contributed by atoms with E-state index in [0.29, 0.717) is 0 Å². The zero-order valence-corrected chi connectivity index (χ0v) is 11.0. The van der Waals surface area contributed by atoms with Gasteiger partial charge < -0.3 is 10.4 Å². The Balaban J connectivity index is 1.88. The summed E-state index contributed by atoms with van der Waals surface area (Å²) >= 11 is 0. The van der Waals surface area contributed by atoms with Crippen molar-refractivity contribution in [1.82, 2.24) is 5.32 Å². The number of aryl methyl sites for hydroxylation is 1. The van der Waals surface area contributed by atoms with Crippen molar-refractivity contribution in [2.24, 2.45) is 5.41 Å². The normalized spacial score (nSPS) is 18.2. The first-order chi connectivity index (χ1) is 8.65. The minimum atomic E-state index is -0.182. The monoisotopic (exact) mass is 251 g/mol. The van der Waals surface area contributed by atoms with Crippen molar-refractivity contribution in [3.8, 4) is 0 Å². The molecule has 1 aromatic carbocycles. The highest BCUT2D eigenvalue weighted by atomic mass is 19.1. The van der Waals surface area contributed by atoms with Crippen LogP contribution in [-0.2, 0) is 6.54 Å². The Bertz CT molecular complexity index is 399. The van der Waals surface area contributed by atoms with Crippen molar-refractivity contribution < 1.29 is 9.50 Å². The molecule has 2 nitrogen and oxygen atoms in total. The number of aliphatic hydroxyl groups is 1. The molecule has 0 aromatic heterocycles. The van der Waals surface area contributed by atoms with Gasteiger partial charge in [-0.25, -0.2) is 4.39 Å². The van der Waals surface area contributed by atoms with Crippen LogP contribution in [0.15, 0.2) is 18.2 Å². The summed E-state index contributed by atoms with van der Waals surface area (Å²) in [5.74, 6) is -0.182. The number of halogens is 1. The quantitative estimate of drug-likeness (QED) is 0.843. The maximum Gasteiger partial charge on any atom is 0.123 e. The van der Waals surface area contributed by atoms with Crippen molar-refractivity contribution in [2.45, 2.75) is 39.2 Å². The Morgan fingerprint density at radius 3 is 2.67 bits per heavy atom. The van der Waals surface area contributed by atoms with E-state index in [9.17, 15) is 9.50 Å². The smallest absolute Gasteiger partial charge is 0.123 e. The second kappa shape index (κ2) is 5.81. The molecule has 1 aliphatic carbocycles. The fraction of sp³-hybridized carbons (Fsp3) is 0.600. The zero-order valence-electron chi connectivity index (χ0n) is 11.0. The molecule has 1 aliphatic rings. The summed E-state index contributed by atoms with van der Waals surface area (Å²) in [7, 11) is 0. The highest BCUT2D eigenvalue weighted by molar-refractivity contribution is 5.26. The fourth-order valence-corrected chi connectivity index (χ4v) is 2.84. The lowest BCUT2D eigenvalue weighted by molar-refractivity contribution is 0.128. The fourth-order valence-electron chi connectivity index (χ4n) is 2.84. The van der Waals surface area contributed by atoms with Crippen LogP contribution in [0, 0.1) is 18.2 Å². The third-order valence-corrected chi connectivity index (χ3v) is 4.12. The van der Waals surface area contributed by atoms with Gasteiger partial charge in [0.1, 0.15) is 5.82 Å². The van der Waals surface area contributed by atoms with Gasteiger partial charge in [-0.05, 0) is 43.0 Å². The first-order valence-corrected chi connectivity index (χ1v) is 6.72. The molecular weight excluding hydrogens is 229 g/mol. The van der Waals surface area contributed by atoms with Crippen molar-refractivity contribution in [1.29, 1.82) is 0 Å². The van der Waals surface area contributed by atoms with Gasteiger partial charge in [0.2, 0.25) is 0 Å². The molecule has 0 aliphatic heterocycles. The lowest BCUT2D eigenvalue weighted by atomic mass is 9.87. The SMILES string of the molecule is Cc1cc(F)ccc1CNCC1(CO)CCCC1. The molecule has 0 atom stereocenters. The first-order valence-electron chi connectivity index (χ1n) is 6.72. The number of benzene rings is 1. The van der Waals surface area contributed by atoms with Gasteiger partial charge in [0.15, 0.2) is 0 Å². The third kappa shape index (κ3) is 3.09. The molecule has 3 heteroatoms. The molecule has 1 fully saturated rings.